The van der Waals surface area contributed by atoms with E-state index >= 15 is 0 Å². The Morgan fingerprint density at radius 1 is 0.855 bits per heavy atom. The van der Waals surface area contributed by atoms with Crippen molar-refractivity contribution in [3.05, 3.63) is 218 Å². The molecule has 0 saturated carbocycles. The van der Waals surface area contributed by atoms with Gasteiger partial charge in [-0.3, -0.25) is 4.57 Å². The maximum atomic E-state index is 5.48. The molecule has 6 aromatic rings. The molecule has 4 aromatic carbocycles. The van der Waals surface area contributed by atoms with Crippen molar-refractivity contribution < 1.29 is 0 Å². The molecule has 2 aliphatic rings. The summed E-state index contributed by atoms with van der Waals surface area (Å²) in [5, 5.41) is 3.87. The molecule has 0 amide bonds. The maximum absolute atomic E-state index is 5.48. The molecule has 62 heavy (non-hydrogen) atoms. The first-order chi connectivity index (χ1) is 30.3. The zero-order valence-electron chi connectivity index (χ0n) is 37.4. The van der Waals surface area contributed by atoms with Crippen LogP contribution in [-0.4, -0.2) is 26.5 Å². The molecule has 3 nitrogen and oxygen atoms in total. The van der Waals surface area contributed by atoms with Gasteiger partial charge in [-0.05, 0) is 107 Å². The van der Waals surface area contributed by atoms with Crippen LogP contribution in [0.5, 0.6) is 0 Å². The van der Waals surface area contributed by atoms with E-state index in [0.717, 1.165) is 73.3 Å². The number of hydrogen-bond donors (Lipinski definition) is 0. The number of aromatic nitrogens is 2. The van der Waals surface area contributed by atoms with E-state index in [0.29, 0.717) is 0 Å². The fraction of sp³-hybridized carbons (Fsp3) is 0.237. The Hall–Kier alpha value is -6.45. The minimum absolute atomic E-state index is 0.0470. The number of nitrogens with zero attached hydrogens (tertiary/aromatic N) is 3. The number of rotatable bonds is 15. The summed E-state index contributed by atoms with van der Waals surface area (Å²) in [5.41, 5.74) is 12.0. The Morgan fingerprint density at radius 3 is 2.27 bits per heavy atom. The number of aryl methyl sites for hydroxylation is 1. The number of hydrogen-bond acceptors (Lipinski definition) is 2. The highest BCUT2D eigenvalue weighted by Gasteiger charge is 2.32. The predicted molar refractivity (Wildman–Crippen MR) is 269 cm³/mol. The zero-order chi connectivity index (χ0) is 43.6. The summed E-state index contributed by atoms with van der Waals surface area (Å²) in [6, 6.07) is 39.6. The molecule has 0 fully saturated rings. The molecule has 0 bridgehead atoms. The van der Waals surface area contributed by atoms with Gasteiger partial charge in [0.15, 0.2) is 0 Å². The summed E-state index contributed by atoms with van der Waals surface area (Å²) in [5.74, 6) is 0.938. The van der Waals surface area contributed by atoms with Crippen LogP contribution in [-0.2, 0) is 12.8 Å². The van der Waals surface area contributed by atoms with Gasteiger partial charge in [0, 0.05) is 34.8 Å². The lowest BCUT2D eigenvalue weighted by atomic mass is 9.79. The van der Waals surface area contributed by atoms with Gasteiger partial charge in [0.05, 0.1) is 17.3 Å². The standard InChI is InChI=1S/C57H57N3.C2H6/c1-7-21-46(37-49(40-57(5,6)36-8-2)59(41(4)9-3)48-27-17-12-18-28-48)43-30-33-51-53(34-31-43)60(54-35-32-44-24-19-20-29-50(44)56(51)54)55-39-47(42-22-13-10-14-23-42)38-52(58-55)45-25-15-11-16-26-45;1-2/h7-27,29,31-32,35,38-39,48-49H,1-4,28,30,33-34,36-37,40H2,5-6H3;1-2H3/b46-21+;. The van der Waals surface area contributed by atoms with Gasteiger partial charge >= 0.3 is 0 Å². The summed E-state index contributed by atoms with van der Waals surface area (Å²) in [4.78, 5) is 8.01. The van der Waals surface area contributed by atoms with Crippen molar-refractivity contribution in [2.75, 3.05) is 0 Å². The van der Waals surface area contributed by atoms with Crippen LogP contribution in [0.15, 0.2) is 207 Å². The first-order valence-corrected chi connectivity index (χ1v) is 22.5. The van der Waals surface area contributed by atoms with Crippen LogP contribution in [0.25, 0.3) is 49.9 Å². The molecule has 0 radical (unpaired) electrons. The fourth-order valence-corrected chi connectivity index (χ4v) is 9.67. The summed E-state index contributed by atoms with van der Waals surface area (Å²) in [7, 11) is 0. The first kappa shape index (κ1) is 43.6. The van der Waals surface area contributed by atoms with Crippen LogP contribution in [0.3, 0.4) is 0 Å². The molecule has 2 atom stereocenters. The summed E-state index contributed by atoms with van der Waals surface area (Å²) in [6.07, 6.45) is 26.0. The molecule has 0 saturated heterocycles. The quantitative estimate of drug-likeness (QED) is 0.0761. The smallest absolute Gasteiger partial charge is 0.138 e. The van der Waals surface area contributed by atoms with Crippen molar-refractivity contribution >= 4 is 21.7 Å². The highest BCUT2D eigenvalue weighted by molar-refractivity contribution is 6.09. The summed E-state index contributed by atoms with van der Waals surface area (Å²) >= 11 is 0. The molecular weight excluding hydrogens is 751 g/mol. The maximum Gasteiger partial charge on any atom is 0.138 e. The zero-order valence-corrected chi connectivity index (χ0v) is 37.4. The Bertz CT molecular complexity index is 2620. The van der Waals surface area contributed by atoms with Gasteiger partial charge in [0.1, 0.15) is 5.82 Å². The predicted octanol–water partition coefficient (Wildman–Crippen LogP) is 15.7. The molecule has 2 unspecified atom stereocenters. The van der Waals surface area contributed by atoms with Crippen LogP contribution in [0.2, 0.25) is 0 Å². The number of fused-ring (bicyclic) bond motifs is 5. The van der Waals surface area contributed by atoms with Crippen LogP contribution in [0.1, 0.15) is 71.1 Å². The van der Waals surface area contributed by atoms with Crippen molar-refractivity contribution in [2.24, 2.45) is 5.41 Å². The lowest BCUT2D eigenvalue weighted by Gasteiger charge is -2.43. The van der Waals surface area contributed by atoms with Gasteiger partial charge < -0.3 is 4.90 Å². The van der Waals surface area contributed by atoms with E-state index in [4.69, 9.17) is 4.98 Å². The third-order valence-corrected chi connectivity index (χ3v) is 12.4. The van der Waals surface area contributed by atoms with Crippen molar-refractivity contribution in [2.45, 2.75) is 84.7 Å². The van der Waals surface area contributed by atoms with Gasteiger partial charge in [-0.2, -0.15) is 0 Å². The van der Waals surface area contributed by atoms with Gasteiger partial charge in [-0.1, -0.05) is 187 Å². The van der Waals surface area contributed by atoms with Gasteiger partial charge in [0.25, 0.3) is 0 Å². The Kier molecular flexibility index (Phi) is 14.0. The second-order valence-electron chi connectivity index (χ2n) is 17.1. The van der Waals surface area contributed by atoms with Gasteiger partial charge in [-0.25, -0.2) is 4.98 Å². The largest absolute Gasteiger partial charge is 0.362 e. The van der Waals surface area contributed by atoms with Crippen LogP contribution in [0.4, 0.5) is 0 Å². The minimum atomic E-state index is 0.0470. The SMILES string of the molecule is C=C/C=C(\CC(CC(C)(C)CC=C)N(C(=C)C=C)C1C=CC=CC1)C1=CCc2c(c3c4ccccc4ccc3n2-c2cc(-c3ccccc3)cc(-c3ccccc3)n2)CC1.CC. The van der Waals surface area contributed by atoms with E-state index in [2.05, 4.69) is 201 Å². The third-order valence-electron chi connectivity index (χ3n) is 12.4. The molecule has 8 rings (SSSR count). The highest BCUT2D eigenvalue weighted by Crippen LogP contribution is 2.42. The molecule has 314 valence electrons. The molecule has 0 aliphatic heterocycles. The number of pyridine rings is 1. The third kappa shape index (κ3) is 9.38. The fourth-order valence-electron chi connectivity index (χ4n) is 9.67. The van der Waals surface area contributed by atoms with Gasteiger partial charge in [0.2, 0.25) is 0 Å². The van der Waals surface area contributed by atoms with Crippen molar-refractivity contribution in [3.63, 3.8) is 0 Å². The van der Waals surface area contributed by atoms with Crippen molar-refractivity contribution in [1.82, 2.24) is 14.5 Å². The van der Waals surface area contributed by atoms with E-state index in [1.807, 2.05) is 26.0 Å². The van der Waals surface area contributed by atoms with Crippen LogP contribution >= 0.6 is 0 Å². The molecule has 2 aromatic heterocycles. The highest BCUT2D eigenvalue weighted by atomic mass is 15.2. The van der Waals surface area contributed by atoms with Crippen LogP contribution in [0, 0.1) is 5.41 Å². The first-order valence-electron chi connectivity index (χ1n) is 22.5. The van der Waals surface area contributed by atoms with E-state index < -0.39 is 0 Å². The second kappa shape index (κ2) is 19.9. The Balaban J connectivity index is 0.00000285. The monoisotopic (exact) mass is 814 g/mol. The van der Waals surface area contributed by atoms with E-state index in [1.54, 1.807) is 0 Å². The van der Waals surface area contributed by atoms with E-state index in [1.165, 1.54) is 49.6 Å². The summed E-state index contributed by atoms with van der Waals surface area (Å²) < 4.78 is 2.46. The molecular formula is C59H63N3. The average Bonchev–Trinajstić information content (AvgIpc) is 3.48. The number of benzene rings is 4. The lowest BCUT2D eigenvalue weighted by Crippen LogP contribution is -2.43. The molecule has 0 spiro atoms. The van der Waals surface area contributed by atoms with Crippen LogP contribution < -0.4 is 0 Å². The topological polar surface area (TPSA) is 21.1 Å². The molecule has 2 heterocycles. The minimum Gasteiger partial charge on any atom is -0.362 e. The molecule has 0 N–H and O–H groups in total. The van der Waals surface area contributed by atoms with Crippen molar-refractivity contribution in [1.29, 1.82) is 0 Å². The van der Waals surface area contributed by atoms with Gasteiger partial charge in [-0.15, -0.1) is 6.58 Å². The molecule has 3 heteroatoms. The second-order valence-corrected chi connectivity index (χ2v) is 17.1. The van der Waals surface area contributed by atoms with E-state index in [9.17, 15) is 0 Å². The normalized spacial score (nSPS) is 15.5. The molecule has 2 aliphatic carbocycles. The Labute approximate surface area is 371 Å². The lowest BCUT2D eigenvalue weighted by molar-refractivity contribution is 0.156. The van der Waals surface area contributed by atoms with E-state index in [-0.39, 0.29) is 17.5 Å². The van der Waals surface area contributed by atoms with Crippen molar-refractivity contribution in [3.8, 4) is 28.2 Å². The Morgan fingerprint density at radius 2 is 1.58 bits per heavy atom. The number of allylic oxidation sites excluding steroid dienone is 8. The average molecular weight is 814 g/mol. The summed E-state index contributed by atoms with van der Waals surface area (Å²) in [6.45, 7) is 25.9.